The first-order valence-electron chi connectivity index (χ1n) is 9.42. The van der Waals surface area contributed by atoms with Crippen LogP contribution in [0.25, 0.3) is 11.2 Å². The first-order valence-corrected chi connectivity index (χ1v) is 12.0. The van der Waals surface area contributed by atoms with Gasteiger partial charge in [0.05, 0.1) is 24.7 Å². The maximum absolute atomic E-state index is 12.7. The largest absolute Gasteiger partial charge is 0.780 e. The standard InChI is InChI=1S/C17H28N5O5PS/c1-9(2)6-12-13(27-28(23,29)26-10(3)4)14(24-5)16(25-12)22-8-20-11-7-19-17(18)21-15(11)22/h7-10,12-14,16H,6H2,1-5H3,(H,23,29)(H2,18,19,21)/p-1/t12-,13?,14+,16-,28?/m1/s1. The lowest BCUT2D eigenvalue weighted by atomic mass is 10.0. The van der Waals surface area contributed by atoms with Crippen molar-refractivity contribution in [2.75, 3.05) is 12.8 Å². The van der Waals surface area contributed by atoms with Crippen LogP contribution >= 0.6 is 6.72 Å². The molecule has 2 aromatic rings. The Morgan fingerprint density at radius 2 is 2.03 bits per heavy atom. The van der Waals surface area contributed by atoms with Crippen molar-refractivity contribution in [3.8, 4) is 0 Å². The van der Waals surface area contributed by atoms with Crippen LogP contribution in [0.1, 0.15) is 40.3 Å². The van der Waals surface area contributed by atoms with Gasteiger partial charge >= 0.3 is 0 Å². The second-order valence-electron chi connectivity index (χ2n) is 7.66. The molecule has 0 amide bonds. The molecule has 29 heavy (non-hydrogen) atoms. The molecular weight excluding hydrogens is 417 g/mol. The number of rotatable bonds is 8. The average Bonchev–Trinajstić information content (AvgIpc) is 3.13. The van der Waals surface area contributed by atoms with Gasteiger partial charge in [0.1, 0.15) is 24.4 Å². The zero-order valence-corrected chi connectivity index (χ0v) is 18.8. The van der Waals surface area contributed by atoms with Crippen LogP contribution in [-0.2, 0) is 30.3 Å². The summed E-state index contributed by atoms with van der Waals surface area (Å²) >= 11 is 5.10. The molecule has 0 spiro atoms. The minimum atomic E-state index is -3.74. The summed E-state index contributed by atoms with van der Waals surface area (Å²) in [4.78, 5) is 25.3. The van der Waals surface area contributed by atoms with Gasteiger partial charge in [-0.05, 0) is 26.2 Å². The van der Waals surface area contributed by atoms with E-state index in [2.05, 4.69) is 28.8 Å². The monoisotopic (exact) mass is 444 g/mol. The highest BCUT2D eigenvalue weighted by Gasteiger charge is 2.48. The van der Waals surface area contributed by atoms with E-state index in [4.69, 9.17) is 36.1 Å². The molecule has 2 unspecified atom stereocenters. The number of methoxy groups -OCH3 is 1. The molecule has 10 nitrogen and oxygen atoms in total. The minimum absolute atomic E-state index is 0.123. The van der Waals surface area contributed by atoms with Crippen LogP contribution < -0.4 is 10.6 Å². The van der Waals surface area contributed by atoms with E-state index in [9.17, 15) is 4.89 Å². The fourth-order valence-corrected chi connectivity index (χ4v) is 5.36. The van der Waals surface area contributed by atoms with Crippen molar-refractivity contribution < 1.29 is 23.4 Å². The van der Waals surface area contributed by atoms with Gasteiger partial charge in [-0.1, -0.05) is 25.7 Å². The highest BCUT2D eigenvalue weighted by molar-refractivity contribution is 8.06. The number of ether oxygens (including phenoxy) is 2. The Morgan fingerprint density at radius 3 is 2.66 bits per heavy atom. The third kappa shape index (κ3) is 5.11. The van der Waals surface area contributed by atoms with Gasteiger partial charge in [0.2, 0.25) is 5.95 Å². The van der Waals surface area contributed by atoms with Crippen molar-refractivity contribution in [1.82, 2.24) is 19.5 Å². The molecule has 2 aromatic heterocycles. The van der Waals surface area contributed by atoms with E-state index < -0.39 is 31.3 Å². The number of nitrogens with zero attached hydrogens (tertiary/aromatic N) is 4. The molecule has 12 heteroatoms. The van der Waals surface area contributed by atoms with Crippen LogP contribution in [0.5, 0.6) is 0 Å². The smallest absolute Gasteiger partial charge is 0.222 e. The predicted molar refractivity (Wildman–Crippen MR) is 109 cm³/mol. The number of fused-ring (bicyclic) bond motifs is 1. The number of aromatic nitrogens is 4. The van der Waals surface area contributed by atoms with Gasteiger partial charge in [0.15, 0.2) is 11.9 Å². The summed E-state index contributed by atoms with van der Waals surface area (Å²) in [6, 6.07) is 0. The Hall–Kier alpha value is -1.20. The van der Waals surface area contributed by atoms with Crippen LogP contribution in [0, 0.1) is 5.92 Å². The molecule has 1 saturated heterocycles. The SMILES string of the molecule is CO[C@H]1C(OP([O-])(=S)OC(C)C)[C@@H](CC(C)C)O[C@H]1n1cnc2cnc(N)nc21. The Morgan fingerprint density at radius 1 is 1.31 bits per heavy atom. The summed E-state index contributed by atoms with van der Waals surface area (Å²) < 4.78 is 24.8. The molecule has 1 aliphatic rings. The second-order valence-corrected chi connectivity index (χ2v) is 10.3. The first kappa shape index (κ1) is 22.5. The Balaban J connectivity index is 1.96. The van der Waals surface area contributed by atoms with Crippen LogP contribution in [0.4, 0.5) is 5.95 Å². The van der Waals surface area contributed by atoms with Gasteiger partial charge in [-0.2, -0.15) is 4.98 Å². The highest BCUT2D eigenvalue weighted by atomic mass is 32.5. The lowest BCUT2D eigenvalue weighted by Crippen LogP contribution is -2.37. The quantitative estimate of drug-likeness (QED) is 0.601. The molecule has 0 saturated carbocycles. The van der Waals surface area contributed by atoms with Crippen molar-refractivity contribution in [3.63, 3.8) is 0 Å². The van der Waals surface area contributed by atoms with Crippen LogP contribution in [0.2, 0.25) is 0 Å². The van der Waals surface area contributed by atoms with E-state index in [1.54, 1.807) is 30.9 Å². The Bertz CT molecular complexity index is 894. The number of hydrogen-bond donors (Lipinski definition) is 1. The number of imidazole rings is 1. The van der Waals surface area contributed by atoms with Crippen LogP contribution in [-0.4, -0.2) is 51.0 Å². The fraction of sp³-hybridized carbons (Fsp3) is 0.706. The van der Waals surface area contributed by atoms with Gasteiger partial charge in [-0.3, -0.25) is 4.57 Å². The molecule has 5 atom stereocenters. The third-order valence-electron chi connectivity index (χ3n) is 4.46. The summed E-state index contributed by atoms with van der Waals surface area (Å²) in [5.41, 5.74) is 6.82. The molecule has 2 N–H and O–H groups in total. The Labute approximate surface area is 175 Å². The topological polar surface area (TPSA) is 130 Å². The van der Waals surface area contributed by atoms with Gasteiger partial charge in [0.25, 0.3) is 0 Å². The highest BCUT2D eigenvalue weighted by Crippen LogP contribution is 2.48. The van der Waals surface area contributed by atoms with Gasteiger partial charge in [0, 0.05) is 7.11 Å². The summed E-state index contributed by atoms with van der Waals surface area (Å²) in [5, 5.41) is 0. The molecule has 3 rings (SSSR count). The number of hydrogen-bond acceptors (Lipinski definition) is 10. The van der Waals surface area contributed by atoms with Crippen molar-refractivity contribution >= 4 is 35.6 Å². The number of anilines is 1. The van der Waals surface area contributed by atoms with E-state index in [0.29, 0.717) is 23.5 Å². The molecule has 1 aliphatic heterocycles. The first-order chi connectivity index (χ1) is 13.6. The minimum Gasteiger partial charge on any atom is -0.780 e. The Kier molecular flexibility index (Phi) is 6.89. The van der Waals surface area contributed by atoms with Gasteiger partial charge < -0.3 is 29.1 Å². The van der Waals surface area contributed by atoms with Crippen LogP contribution in [0.3, 0.4) is 0 Å². The van der Waals surface area contributed by atoms with E-state index in [0.717, 1.165) is 0 Å². The zero-order valence-electron chi connectivity index (χ0n) is 17.1. The molecule has 1 fully saturated rings. The van der Waals surface area contributed by atoms with Crippen LogP contribution in [0.15, 0.2) is 12.5 Å². The number of nitrogens with two attached hydrogens (primary N) is 1. The molecule has 0 aromatic carbocycles. The van der Waals surface area contributed by atoms with Crippen molar-refractivity contribution in [2.45, 2.75) is 64.8 Å². The number of nitrogen functional groups attached to an aromatic ring is 1. The molecule has 0 radical (unpaired) electrons. The van der Waals surface area contributed by atoms with Crippen molar-refractivity contribution in [2.24, 2.45) is 5.92 Å². The second kappa shape index (κ2) is 8.89. The van der Waals surface area contributed by atoms with Gasteiger partial charge in [-0.15, -0.1) is 0 Å². The summed E-state index contributed by atoms with van der Waals surface area (Å²) in [6.45, 7) is 3.89. The van der Waals surface area contributed by atoms with Crippen molar-refractivity contribution in [1.29, 1.82) is 0 Å². The van der Waals surface area contributed by atoms with E-state index in [-0.39, 0.29) is 12.1 Å². The van der Waals surface area contributed by atoms with Gasteiger partial charge in [-0.25, -0.2) is 9.97 Å². The summed E-state index contributed by atoms with van der Waals surface area (Å²) in [7, 11) is 1.54. The molecular formula is C17H27N5O5PS-. The average molecular weight is 444 g/mol. The third-order valence-corrected chi connectivity index (χ3v) is 6.16. The molecule has 0 aliphatic carbocycles. The van der Waals surface area contributed by atoms with Crippen molar-refractivity contribution in [3.05, 3.63) is 12.5 Å². The molecule has 0 bridgehead atoms. The van der Waals surface area contributed by atoms with E-state index >= 15 is 0 Å². The lowest BCUT2D eigenvalue weighted by Gasteiger charge is -2.35. The maximum atomic E-state index is 12.7. The normalized spacial score (nSPS) is 27.2. The molecule has 162 valence electrons. The molecule has 3 heterocycles. The fourth-order valence-electron chi connectivity index (χ4n) is 3.42. The van der Waals surface area contributed by atoms with E-state index in [1.165, 1.54) is 7.11 Å². The van der Waals surface area contributed by atoms with E-state index in [1.807, 2.05) is 0 Å². The lowest BCUT2D eigenvalue weighted by molar-refractivity contribution is -0.217. The maximum Gasteiger partial charge on any atom is 0.222 e. The summed E-state index contributed by atoms with van der Waals surface area (Å²) in [6.07, 6.45) is 1.11. The zero-order chi connectivity index (χ0) is 21.3. The summed E-state index contributed by atoms with van der Waals surface area (Å²) in [5.74, 6) is 0.425. The predicted octanol–water partition coefficient (Wildman–Crippen LogP) is 1.76.